The Morgan fingerprint density at radius 1 is 0.575 bits per heavy atom. The first-order chi connectivity index (χ1) is 19.2. The predicted octanol–water partition coefficient (Wildman–Crippen LogP) is -2.50. The van der Waals surface area contributed by atoms with Crippen LogP contribution in [0.5, 0.6) is 11.5 Å². The number of benzene rings is 2. The van der Waals surface area contributed by atoms with Crippen LogP contribution in [0.4, 0.5) is 0 Å². The molecule has 10 atom stereocenters. The van der Waals surface area contributed by atoms with Crippen molar-refractivity contribution in [3.05, 3.63) is 59.7 Å². The molecule has 2 aromatic carbocycles. The molecule has 14 heteroatoms. The highest BCUT2D eigenvalue weighted by Gasteiger charge is 2.46. The number of nitrogens with zero attached hydrogens (tertiary/aromatic N) is 2. The average molecular weight is 565 g/mol. The molecule has 2 heterocycles. The van der Waals surface area contributed by atoms with Crippen molar-refractivity contribution in [2.24, 2.45) is 10.2 Å². The van der Waals surface area contributed by atoms with E-state index in [1.807, 2.05) is 0 Å². The first kappa shape index (κ1) is 30.0. The molecule has 0 bridgehead atoms. The summed E-state index contributed by atoms with van der Waals surface area (Å²) in [4.78, 5) is 0. The minimum absolute atomic E-state index is 0.220. The van der Waals surface area contributed by atoms with Gasteiger partial charge < -0.3 is 59.8 Å². The monoisotopic (exact) mass is 564 g/mol. The van der Waals surface area contributed by atoms with Gasteiger partial charge in [-0.15, -0.1) is 0 Å². The summed E-state index contributed by atoms with van der Waals surface area (Å²) in [5.74, 6) is 0.439. The normalized spacial score (nSPS) is 34.8. The molecule has 2 saturated heterocycles. The van der Waals surface area contributed by atoms with Crippen LogP contribution in [0, 0.1) is 0 Å². The van der Waals surface area contributed by atoms with Crippen LogP contribution in [0.3, 0.4) is 0 Å². The van der Waals surface area contributed by atoms with E-state index in [9.17, 15) is 40.9 Å². The molecule has 0 amide bonds. The van der Waals surface area contributed by atoms with Crippen molar-refractivity contribution in [3.8, 4) is 11.5 Å². The smallest absolute Gasteiger partial charge is 0.229 e. The predicted molar refractivity (Wildman–Crippen MR) is 137 cm³/mol. The molecule has 14 nitrogen and oxygen atoms in total. The Labute approximate surface area is 228 Å². The van der Waals surface area contributed by atoms with Gasteiger partial charge >= 0.3 is 0 Å². The highest BCUT2D eigenvalue weighted by molar-refractivity contribution is 5.86. The summed E-state index contributed by atoms with van der Waals surface area (Å²) in [7, 11) is 0. The topological polar surface area (TPSA) is 223 Å². The zero-order valence-electron chi connectivity index (χ0n) is 21.1. The Balaban J connectivity index is 1.45. The van der Waals surface area contributed by atoms with E-state index in [1.54, 1.807) is 48.5 Å². The van der Waals surface area contributed by atoms with Crippen LogP contribution in [0.2, 0.25) is 0 Å². The Morgan fingerprint density at radius 3 is 1.32 bits per heavy atom. The largest absolute Gasteiger partial charge is 0.461 e. The second-order valence-corrected chi connectivity index (χ2v) is 9.20. The molecule has 2 aliphatic rings. The number of ether oxygens (including phenoxy) is 4. The van der Waals surface area contributed by atoms with Gasteiger partial charge in [0.15, 0.2) is 0 Å². The molecule has 0 saturated carbocycles. The Kier molecular flexibility index (Phi) is 10.2. The molecule has 0 aromatic heterocycles. The standard InChI is InChI=1S/C26H32N2O12/c29-11-17-19(31)21(33)23(35)25(39-17)37-15-7-3-1-5-13(15)9-27-28-10-14-6-2-4-8-16(14)38-26-24(36)22(34)20(32)18(12-30)40-26/h1-10,17-26,29-36H,11-12H2/t17-,18-,19+,20+,21+,22+,23-,24-,25-,26-/m1/s1. The zero-order valence-corrected chi connectivity index (χ0v) is 21.1. The van der Waals surface area contributed by atoms with Crippen LogP contribution in [-0.2, 0) is 9.47 Å². The molecule has 0 radical (unpaired) electrons. The molecule has 2 fully saturated rings. The van der Waals surface area contributed by atoms with E-state index in [4.69, 9.17) is 18.9 Å². The highest BCUT2D eigenvalue weighted by atomic mass is 16.7. The minimum Gasteiger partial charge on any atom is -0.461 e. The minimum atomic E-state index is -1.59. The average Bonchev–Trinajstić information content (AvgIpc) is 2.97. The summed E-state index contributed by atoms with van der Waals surface area (Å²) in [6.45, 7) is -1.19. The number of hydrogen-bond donors (Lipinski definition) is 8. The molecule has 8 N–H and O–H groups in total. The van der Waals surface area contributed by atoms with Crippen LogP contribution in [-0.4, -0.2) is 128 Å². The SMILES string of the molecule is OC[C@H]1O[C@@H](Oc2ccccc2C=NN=Cc2ccccc2O[C@@H]2O[C@H](CO)[C@H](O)[C@H](O)[C@H]2O)[C@H](O)[C@@H](O)[C@H]1O. The second kappa shape index (κ2) is 13.6. The molecule has 2 aromatic rings. The van der Waals surface area contributed by atoms with Crippen LogP contribution in [0.15, 0.2) is 58.7 Å². The van der Waals surface area contributed by atoms with E-state index < -0.39 is 74.6 Å². The van der Waals surface area contributed by atoms with E-state index in [0.717, 1.165) is 0 Å². The maximum Gasteiger partial charge on any atom is 0.229 e. The zero-order chi connectivity index (χ0) is 28.8. The van der Waals surface area contributed by atoms with Crippen molar-refractivity contribution < 1.29 is 59.8 Å². The lowest BCUT2D eigenvalue weighted by atomic mass is 9.99. The van der Waals surface area contributed by atoms with Gasteiger partial charge in [0.2, 0.25) is 12.6 Å². The van der Waals surface area contributed by atoms with E-state index in [0.29, 0.717) is 11.1 Å². The number of hydrogen-bond acceptors (Lipinski definition) is 14. The molecular formula is C26H32N2O12. The van der Waals surface area contributed by atoms with Gasteiger partial charge in [0.1, 0.15) is 60.3 Å². The lowest BCUT2D eigenvalue weighted by Gasteiger charge is -2.39. The van der Waals surface area contributed by atoms with E-state index in [-0.39, 0.29) is 11.5 Å². The lowest BCUT2D eigenvalue weighted by Crippen LogP contribution is -2.60. The van der Waals surface area contributed by atoms with E-state index >= 15 is 0 Å². The quantitative estimate of drug-likeness (QED) is 0.117. The molecule has 40 heavy (non-hydrogen) atoms. The Morgan fingerprint density at radius 2 is 0.950 bits per heavy atom. The van der Waals surface area contributed by atoms with Gasteiger partial charge in [-0.05, 0) is 24.3 Å². The highest BCUT2D eigenvalue weighted by Crippen LogP contribution is 2.27. The fourth-order valence-corrected chi connectivity index (χ4v) is 4.16. The summed E-state index contributed by atoms with van der Waals surface area (Å²) in [6, 6.07) is 13.2. The van der Waals surface area contributed by atoms with Gasteiger partial charge in [0, 0.05) is 11.1 Å². The molecule has 2 aliphatic heterocycles. The number of para-hydroxylation sites is 2. The van der Waals surface area contributed by atoms with Crippen LogP contribution in [0.25, 0.3) is 0 Å². The van der Waals surface area contributed by atoms with Crippen molar-refractivity contribution >= 4 is 12.4 Å². The molecular weight excluding hydrogens is 532 g/mol. The van der Waals surface area contributed by atoms with Gasteiger partial charge in [0.25, 0.3) is 0 Å². The maximum absolute atomic E-state index is 10.3. The molecule has 218 valence electrons. The first-order valence-electron chi connectivity index (χ1n) is 12.4. The molecule has 4 rings (SSSR count). The van der Waals surface area contributed by atoms with Crippen molar-refractivity contribution in [2.75, 3.05) is 13.2 Å². The number of rotatable bonds is 9. The van der Waals surface area contributed by atoms with Crippen molar-refractivity contribution in [3.63, 3.8) is 0 Å². The van der Waals surface area contributed by atoms with Crippen molar-refractivity contribution in [2.45, 2.75) is 61.4 Å². The van der Waals surface area contributed by atoms with Crippen LogP contribution in [0.1, 0.15) is 11.1 Å². The van der Waals surface area contributed by atoms with Crippen LogP contribution < -0.4 is 9.47 Å². The summed E-state index contributed by atoms with van der Waals surface area (Å²) < 4.78 is 22.2. The Bertz CT molecular complexity index is 1070. The van der Waals surface area contributed by atoms with E-state index in [2.05, 4.69) is 10.2 Å². The first-order valence-corrected chi connectivity index (χ1v) is 12.4. The summed E-state index contributed by atoms with van der Waals surface area (Å²) >= 11 is 0. The third kappa shape index (κ3) is 6.64. The van der Waals surface area contributed by atoms with Gasteiger partial charge in [-0.25, -0.2) is 0 Å². The van der Waals surface area contributed by atoms with Gasteiger partial charge in [-0.2, -0.15) is 10.2 Å². The summed E-state index contributed by atoms with van der Waals surface area (Å²) in [5.41, 5.74) is 0.866. The number of aliphatic hydroxyl groups excluding tert-OH is 8. The molecule has 0 unspecified atom stereocenters. The van der Waals surface area contributed by atoms with Gasteiger partial charge in [-0.3, -0.25) is 0 Å². The van der Waals surface area contributed by atoms with Crippen molar-refractivity contribution in [1.82, 2.24) is 0 Å². The molecule has 0 aliphatic carbocycles. The Hall–Kier alpha value is -3.02. The van der Waals surface area contributed by atoms with Gasteiger partial charge in [-0.1, -0.05) is 24.3 Å². The summed E-state index contributed by atoms with van der Waals surface area (Å²) in [6.07, 6.45) is -11.7. The maximum atomic E-state index is 10.3. The second-order valence-electron chi connectivity index (χ2n) is 9.20. The fourth-order valence-electron chi connectivity index (χ4n) is 4.16. The molecule has 0 spiro atoms. The third-order valence-electron chi connectivity index (χ3n) is 6.48. The third-order valence-corrected chi connectivity index (χ3v) is 6.48. The van der Waals surface area contributed by atoms with E-state index in [1.165, 1.54) is 12.4 Å². The van der Waals surface area contributed by atoms with Crippen molar-refractivity contribution in [1.29, 1.82) is 0 Å². The lowest BCUT2D eigenvalue weighted by molar-refractivity contribution is -0.277. The van der Waals surface area contributed by atoms with Crippen LogP contribution >= 0.6 is 0 Å². The summed E-state index contributed by atoms with van der Waals surface area (Å²) in [5, 5.41) is 87.2. The van der Waals surface area contributed by atoms with Gasteiger partial charge in [0.05, 0.1) is 25.6 Å². The number of aliphatic hydroxyl groups is 8. The fraction of sp³-hybridized carbons (Fsp3) is 0.462.